The van der Waals surface area contributed by atoms with Crippen molar-refractivity contribution in [1.82, 2.24) is 0 Å². The molecule has 164 valence electrons. The lowest BCUT2D eigenvalue weighted by Gasteiger charge is -2.27. The molecule has 0 atom stereocenters. The second kappa shape index (κ2) is 13.3. The van der Waals surface area contributed by atoms with E-state index in [1.165, 1.54) is 31.7 Å². The predicted octanol–water partition coefficient (Wildman–Crippen LogP) is 6.11. The summed E-state index contributed by atoms with van der Waals surface area (Å²) in [6.07, 6.45) is 8.23. The number of unbranched alkanes of at least 4 members (excludes halogenated alkanes) is 6. The minimum absolute atomic E-state index is 0.233. The van der Waals surface area contributed by atoms with E-state index in [4.69, 9.17) is 9.47 Å². The Labute approximate surface area is 173 Å². The van der Waals surface area contributed by atoms with Crippen LogP contribution >= 0.6 is 0 Å². The fourth-order valence-corrected chi connectivity index (χ4v) is 3.19. The molecule has 0 N–H and O–H groups in total. The minimum atomic E-state index is -1.38. The zero-order chi connectivity index (χ0) is 21.7. The molecule has 1 aromatic carbocycles. The normalized spacial score (nSPS) is 11.3. The number of rotatable bonds is 14. The van der Waals surface area contributed by atoms with Crippen LogP contribution in [0, 0.1) is 17.0 Å². The Bertz CT molecular complexity index is 642. The van der Waals surface area contributed by atoms with Gasteiger partial charge in [-0.15, -0.1) is 0 Å². The van der Waals surface area contributed by atoms with E-state index in [1.54, 1.807) is 13.8 Å². The summed E-state index contributed by atoms with van der Waals surface area (Å²) in [5.41, 5.74) is -1.06. The van der Waals surface area contributed by atoms with Gasteiger partial charge in [0.25, 0.3) is 0 Å². The van der Waals surface area contributed by atoms with E-state index in [0.29, 0.717) is 5.56 Å². The smallest absolute Gasteiger partial charge is 0.323 e. The molecule has 29 heavy (non-hydrogen) atoms. The van der Waals surface area contributed by atoms with Crippen molar-refractivity contribution in [3.8, 4) is 0 Å². The summed E-state index contributed by atoms with van der Waals surface area (Å²) >= 11 is 0. The van der Waals surface area contributed by atoms with Gasteiger partial charge in [0.2, 0.25) is 0 Å². The van der Waals surface area contributed by atoms with Gasteiger partial charge in [-0.1, -0.05) is 65.4 Å². The van der Waals surface area contributed by atoms with Gasteiger partial charge in [-0.25, -0.2) is 8.78 Å². The predicted molar refractivity (Wildman–Crippen MR) is 108 cm³/mol. The number of hydrogen-bond donors (Lipinski definition) is 0. The molecule has 0 amide bonds. The van der Waals surface area contributed by atoms with E-state index in [1.807, 2.05) is 0 Å². The van der Waals surface area contributed by atoms with Gasteiger partial charge in [0.1, 0.15) is 6.61 Å². The van der Waals surface area contributed by atoms with Crippen molar-refractivity contribution in [2.75, 3.05) is 6.61 Å². The van der Waals surface area contributed by atoms with Crippen LogP contribution < -0.4 is 0 Å². The van der Waals surface area contributed by atoms with Crippen LogP contribution in [-0.4, -0.2) is 18.5 Å². The van der Waals surface area contributed by atoms with Gasteiger partial charge in [-0.2, -0.15) is 0 Å². The highest BCUT2D eigenvalue weighted by Gasteiger charge is 2.45. The Kier molecular flexibility index (Phi) is 11.5. The number of benzene rings is 1. The Hall–Kier alpha value is -1.98. The maximum atomic E-state index is 13.3. The maximum absolute atomic E-state index is 13.3. The molecule has 0 unspecified atom stereocenters. The summed E-state index contributed by atoms with van der Waals surface area (Å²) in [7, 11) is 0. The standard InChI is InChI=1S/C23H34F2O4/c1-4-7-8-9-10-11-12-15-28-21(26)23(5-2,6-3)22(27)29-17-18-13-14-19(24)20(25)16-18/h13-14,16H,4-12,15,17H2,1-3H3. The first-order valence-corrected chi connectivity index (χ1v) is 10.7. The van der Waals surface area contributed by atoms with E-state index < -0.39 is 29.0 Å². The first kappa shape index (κ1) is 25.1. The van der Waals surface area contributed by atoms with Crippen LogP contribution in [0.3, 0.4) is 0 Å². The number of carbonyl (C=O) groups excluding carboxylic acids is 2. The number of halogens is 2. The zero-order valence-electron chi connectivity index (χ0n) is 17.9. The molecule has 0 saturated carbocycles. The van der Waals surface area contributed by atoms with Crippen LogP contribution in [0.15, 0.2) is 18.2 Å². The van der Waals surface area contributed by atoms with Crippen LogP contribution in [0.1, 0.15) is 84.1 Å². The summed E-state index contributed by atoms with van der Waals surface area (Å²) in [6.45, 7) is 5.69. The largest absolute Gasteiger partial charge is 0.465 e. The average molecular weight is 413 g/mol. The SMILES string of the molecule is CCCCCCCCCOC(=O)C(CC)(CC)C(=O)OCc1ccc(F)c(F)c1. The van der Waals surface area contributed by atoms with E-state index >= 15 is 0 Å². The first-order chi connectivity index (χ1) is 13.9. The van der Waals surface area contributed by atoms with Crippen LogP contribution in [0.2, 0.25) is 0 Å². The molecular weight excluding hydrogens is 378 g/mol. The van der Waals surface area contributed by atoms with Gasteiger partial charge in [0.05, 0.1) is 6.61 Å². The molecule has 4 nitrogen and oxygen atoms in total. The Morgan fingerprint density at radius 3 is 2.00 bits per heavy atom. The Balaban J connectivity index is 2.52. The third-order valence-corrected chi connectivity index (χ3v) is 5.32. The van der Waals surface area contributed by atoms with Crippen molar-refractivity contribution < 1.29 is 27.8 Å². The molecule has 0 heterocycles. The van der Waals surface area contributed by atoms with Crippen molar-refractivity contribution in [2.24, 2.45) is 5.41 Å². The third-order valence-electron chi connectivity index (χ3n) is 5.32. The summed E-state index contributed by atoms with van der Waals surface area (Å²) in [5.74, 6) is -3.25. The second-order valence-corrected chi connectivity index (χ2v) is 7.37. The minimum Gasteiger partial charge on any atom is -0.465 e. The molecule has 0 bridgehead atoms. The first-order valence-electron chi connectivity index (χ1n) is 10.7. The number of carbonyl (C=O) groups is 2. The van der Waals surface area contributed by atoms with Crippen molar-refractivity contribution >= 4 is 11.9 Å². The number of hydrogen-bond acceptors (Lipinski definition) is 4. The van der Waals surface area contributed by atoms with Gasteiger partial charge in [0.15, 0.2) is 17.0 Å². The van der Waals surface area contributed by atoms with Crippen LogP contribution in [-0.2, 0) is 25.7 Å². The Morgan fingerprint density at radius 2 is 1.41 bits per heavy atom. The average Bonchev–Trinajstić information content (AvgIpc) is 2.72. The molecule has 0 aromatic heterocycles. The van der Waals surface area contributed by atoms with Crippen LogP contribution in [0.4, 0.5) is 8.78 Å². The van der Waals surface area contributed by atoms with Gasteiger partial charge in [0, 0.05) is 0 Å². The lowest BCUT2D eigenvalue weighted by Crippen LogP contribution is -2.41. The highest BCUT2D eigenvalue weighted by molar-refractivity contribution is 5.99. The van der Waals surface area contributed by atoms with Crippen LogP contribution in [0.25, 0.3) is 0 Å². The summed E-state index contributed by atoms with van der Waals surface area (Å²) < 4.78 is 36.9. The van der Waals surface area contributed by atoms with Crippen molar-refractivity contribution in [2.45, 2.75) is 85.2 Å². The maximum Gasteiger partial charge on any atom is 0.323 e. The lowest BCUT2D eigenvalue weighted by atomic mass is 9.82. The molecule has 0 aliphatic carbocycles. The topological polar surface area (TPSA) is 52.6 Å². The molecule has 0 aliphatic rings. The van der Waals surface area contributed by atoms with Crippen LogP contribution in [0.5, 0.6) is 0 Å². The molecule has 1 aromatic rings. The molecule has 0 aliphatic heterocycles. The van der Waals surface area contributed by atoms with E-state index in [-0.39, 0.29) is 26.1 Å². The lowest BCUT2D eigenvalue weighted by molar-refractivity contribution is -0.174. The summed E-state index contributed by atoms with van der Waals surface area (Å²) in [5, 5.41) is 0. The van der Waals surface area contributed by atoms with Gasteiger partial charge in [-0.3, -0.25) is 9.59 Å². The van der Waals surface area contributed by atoms with E-state index in [9.17, 15) is 18.4 Å². The summed E-state index contributed by atoms with van der Waals surface area (Å²) in [4.78, 5) is 25.3. The van der Waals surface area contributed by atoms with Gasteiger partial charge < -0.3 is 9.47 Å². The third kappa shape index (κ3) is 7.75. The number of ether oxygens (including phenoxy) is 2. The zero-order valence-corrected chi connectivity index (χ0v) is 17.9. The highest BCUT2D eigenvalue weighted by Crippen LogP contribution is 2.30. The van der Waals surface area contributed by atoms with Gasteiger partial charge in [-0.05, 0) is 37.0 Å². The number of esters is 2. The quantitative estimate of drug-likeness (QED) is 0.210. The Morgan fingerprint density at radius 1 is 0.828 bits per heavy atom. The fourth-order valence-electron chi connectivity index (χ4n) is 3.19. The molecule has 0 spiro atoms. The van der Waals surface area contributed by atoms with Crippen molar-refractivity contribution in [1.29, 1.82) is 0 Å². The fraction of sp³-hybridized carbons (Fsp3) is 0.652. The van der Waals surface area contributed by atoms with Crippen molar-refractivity contribution in [3.05, 3.63) is 35.4 Å². The van der Waals surface area contributed by atoms with E-state index in [0.717, 1.165) is 31.4 Å². The monoisotopic (exact) mass is 412 g/mol. The highest BCUT2D eigenvalue weighted by atomic mass is 19.2. The molecule has 0 radical (unpaired) electrons. The molecule has 0 fully saturated rings. The molecule has 1 rings (SSSR count). The summed E-state index contributed by atoms with van der Waals surface area (Å²) in [6, 6.07) is 3.28. The molecule has 0 saturated heterocycles. The van der Waals surface area contributed by atoms with Gasteiger partial charge >= 0.3 is 11.9 Å². The second-order valence-electron chi connectivity index (χ2n) is 7.37. The van der Waals surface area contributed by atoms with Crippen molar-refractivity contribution in [3.63, 3.8) is 0 Å². The van der Waals surface area contributed by atoms with E-state index in [2.05, 4.69) is 6.92 Å². The molecule has 6 heteroatoms. The molecular formula is C23H34F2O4.